The summed E-state index contributed by atoms with van der Waals surface area (Å²) in [6, 6.07) is 9.44. The largest absolute Gasteiger partial charge is 0.497 e. The fourth-order valence-electron chi connectivity index (χ4n) is 4.18. The summed E-state index contributed by atoms with van der Waals surface area (Å²) < 4.78 is 28.2. The maximum absolute atomic E-state index is 12.9. The van der Waals surface area contributed by atoms with E-state index in [4.69, 9.17) is 23.7 Å². The number of carbonyl (C=O) groups is 1. The van der Waals surface area contributed by atoms with Crippen molar-refractivity contribution in [2.75, 3.05) is 21.0 Å². The van der Waals surface area contributed by atoms with E-state index >= 15 is 0 Å². The van der Waals surface area contributed by atoms with Gasteiger partial charge in [0, 0.05) is 47.6 Å². The van der Waals surface area contributed by atoms with Crippen LogP contribution in [0.2, 0.25) is 0 Å². The number of hydrogen-bond acceptors (Lipinski definition) is 6. The number of fused-ring (bicyclic) bond motifs is 2. The predicted octanol–water partition coefficient (Wildman–Crippen LogP) is 3.96. The molecule has 0 bridgehead atoms. The van der Waals surface area contributed by atoms with E-state index in [1.807, 2.05) is 30.3 Å². The van der Waals surface area contributed by atoms with Crippen LogP contribution in [-0.2, 0) is 4.79 Å². The van der Waals surface area contributed by atoms with Crippen LogP contribution in [0.15, 0.2) is 41.7 Å². The van der Waals surface area contributed by atoms with Crippen molar-refractivity contribution in [1.29, 1.82) is 0 Å². The first kappa shape index (κ1) is 17.0. The molecule has 0 aromatic heterocycles. The number of allylic oxidation sites excluding steroid dienone is 2. The van der Waals surface area contributed by atoms with Gasteiger partial charge in [0.1, 0.15) is 23.0 Å². The molecule has 0 saturated carbocycles. The maximum Gasteiger partial charge on any atom is 0.231 e. The van der Waals surface area contributed by atoms with Crippen molar-refractivity contribution < 1.29 is 28.5 Å². The smallest absolute Gasteiger partial charge is 0.231 e. The topological polar surface area (TPSA) is 63.2 Å². The average molecular weight is 380 g/mol. The number of carbonyl (C=O) groups excluding carboxylic acids is 1. The Balaban J connectivity index is 1.74. The van der Waals surface area contributed by atoms with Crippen molar-refractivity contribution in [3.8, 4) is 28.7 Å². The number of Topliss-reactive ketones (excluding diaryl/α,β-unsaturated/α-hetero) is 1. The normalized spacial score (nSPS) is 19.6. The summed E-state index contributed by atoms with van der Waals surface area (Å²) in [5.74, 6) is 3.95. The lowest BCUT2D eigenvalue weighted by Crippen LogP contribution is -2.25. The van der Waals surface area contributed by atoms with Gasteiger partial charge in [-0.05, 0) is 18.6 Å². The van der Waals surface area contributed by atoms with Crippen molar-refractivity contribution in [1.82, 2.24) is 0 Å². The second-order valence-corrected chi connectivity index (χ2v) is 7.00. The SMILES string of the molecule is COc1ccc(C2C3=C(CCCC3=O)Oc3cc4c(cc32)OCO4)c(OC)c1. The van der Waals surface area contributed by atoms with Crippen LogP contribution in [0.1, 0.15) is 36.3 Å². The average Bonchev–Trinajstić information content (AvgIpc) is 3.17. The minimum atomic E-state index is -0.290. The van der Waals surface area contributed by atoms with Crippen LogP contribution >= 0.6 is 0 Å². The number of methoxy groups -OCH3 is 2. The van der Waals surface area contributed by atoms with E-state index in [0.29, 0.717) is 40.7 Å². The quantitative estimate of drug-likeness (QED) is 0.803. The van der Waals surface area contributed by atoms with Crippen molar-refractivity contribution >= 4 is 5.78 Å². The number of rotatable bonds is 3. The number of ether oxygens (including phenoxy) is 5. The second-order valence-electron chi connectivity index (χ2n) is 7.00. The Morgan fingerprint density at radius 1 is 0.929 bits per heavy atom. The Labute approximate surface area is 162 Å². The van der Waals surface area contributed by atoms with Gasteiger partial charge in [0.2, 0.25) is 6.79 Å². The van der Waals surface area contributed by atoms with E-state index in [-0.39, 0.29) is 18.5 Å². The molecule has 2 heterocycles. The van der Waals surface area contributed by atoms with Gasteiger partial charge in [0.05, 0.1) is 14.2 Å². The van der Waals surface area contributed by atoms with E-state index in [1.165, 1.54) is 0 Å². The second kappa shape index (κ2) is 6.48. The molecule has 2 aromatic rings. The van der Waals surface area contributed by atoms with Gasteiger partial charge in [0.15, 0.2) is 17.3 Å². The highest BCUT2D eigenvalue weighted by Crippen LogP contribution is 2.52. The van der Waals surface area contributed by atoms with E-state index in [9.17, 15) is 4.79 Å². The molecule has 144 valence electrons. The van der Waals surface area contributed by atoms with Gasteiger partial charge < -0.3 is 23.7 Å². The molecule has 1 atom stereocenters. The van der Waals surface area contributed by atoms with Crippen molar-refractivity contribution in [3.05, 3.63) is 52.8 Å². The van der Waals surface area contributed by atoms with Gasteiger partial charge in [-0.1, -0.05) is 6.07 Å². The number of ketones is 1. The zero-order chi connectivity index (χ0) is 19.3. The van der Waals surface area contributed by atoms with Gasteiger partial charge in [-0.2, -0.15) is 0 Å². The number of benzene rings is 2. The zero-order valence-corrected chi connectivity index (χ0v) is 15.7. The summed E-state index contributed by atoms with van der Waals surface area (Å²) in [6.45, 7) is 0.181. The third-order valence-electron chi connectivity index (χ3n) is 5.50. The molecule has 0 amide bonds. The van der Waals surface area contributed by atoms with Gasteiger partial charge in [-0.25, -0.2) is 0 Å². The van der Waals surface area contributed by atoms with Crippen LogP contribution in [0.5, 0.6) is 28.7 Å². The molecule has 0 spiro atoms. The Morgan fingerprint density at radius 3 is 2.54 bits per heavy atom. The zero-order valence-electron chi connectivity index (χ0n) is 15.7. The standard InChI is InChI=1S/C22H20O6/c1-24-12-6-7-13(17(8-12)25-2)21-14-9-19-20(27-11-26-19)10-18(14)28-16-5-3-4-15(23)22(16)21/h6-10,21H,3-5,11H2,1-2H3. The summed E-state index contributed by atoms with van der Waals surface area (Å²) in [5, 5.41) is 0. The molecular weight excluding hydrogens is 360 g/mol. The summed E-state index contributed by atoms with van der Waals surface area (Å²) in [6.07, 6.45) is 2.06. The van der Waals surface area contributed by atoms with Gasteiger partial charge >= 0.3 is 0 Å². The molecule has 0 radical (unpaired) electrons. The molecule has 0 N–H and O–H groups in total. The van der Waals surface area contributed by atoms with Gasteiger partial charge in [-0.15, -0.1) is 0 Å². The van der Waals surface area contributed by atoms with Crippen LogP contribution < -0.4 is 23.7 Å². The van der Waals surface area contributed by atoms with E-state index in [2.05, 4.69) is 0 Å². The highest BCUT2D eigenvalue weighted by Gasteiger charge is 2.39. The molecule has 3 aliphatic rings. The summed E-state index contributed by atoms with van der Waals surface area (Å²) in [7, 11) is 3.24. The molecule has 1 unspecified atom stereocenters. The first-order valence-electron chi connectivity index (χ1n) is 9.29. The monoisotopic (exact) mass is 380 g/mol. The summed E-state index contributed by atoms with van der Waals surface area (Å²) >= 11 is 0. The molecule has 1 aliphatic carbocycles. The molecular formula is C22H20O6. The highest BCUT2D eigenvalue weighted by molar-refractivity contribution is 5.99. The van der Waals surface area contributed by atoms with Crippen molar-refractivity contribution in [2.24, 2.45) is 0 Å². The molecule has 28 heavy (non-hydrogen) atoms. The molecule has 0 fully saturated rings. The Morgan fingerprint density at radius 2 is 1.75 bits per heavy atom. The van der Waals surface area contributed by atoms with E-state index in [0.717, 1.165) is 29.7 Å². The van der Waals surface area contributed by atoms with Crippen LogP contribution in [0.25, 0.3) is 0 Å². The lowest BCUT2D eigenvalue weighted by molar-refractivity contribution is -0.116. The number of hydrogen-bond donors (Lipinski definition) is 0. The van der Waals surface area contributed by atoms with Crippen LogP contribution in [0.3, 0.4) is 0 Å². The molecule has 5 rings (SSSR count). The third kappa shape index (κ3) is 2.52. The molecule has 6 nitrogen and oxygen atoms in total. The Kier molecular flexibility index (Phi) is 3.93. The minimum Gasteiger partial charge on any atom is -0.497 e. The van der Waals surface area contributed by atoms with E-state index in [1.54, 1.807) is 14.2 Å². The van der Waals surface area contributed by atoms with Crippen molar-refractivity contribution in [3.63, 3.8) is 0 Å². The fourth-order valence-corrected chi connectivity index (χ4v) is 4.18. The third-order valence-corrected chi connectivity index (χ3v) is 5.50. The molecule has 2 aliphatic heterocycles. The molecule has 6 heteroatoms. The Hall–Kier alpha value is -3.15. The fraction of sp³-hybridized carbons (Fsp3) is 0.318. The summed E-state index contributed by atoms with van der Waals surface area (Å²) in [4.78, 5) is 12.9. The first-order valence-corrected chi connectivity index (χ1v) is 9.29. The van der Waals surface area contributed by atoms with Gasteiger partial charge in [-0.3, -0.25) is 4.79 Å². The van der Waals surface area contributed by atoms with Crippen LogP contribution in [0.4, 0.5) is 0 Å². The first-order chi connectivity index (χ1) is 13.7. The molecule has 0 saturated heterocycles. The van der Waals surface area contributed by atoms with Crippen LogP contribution in [0, 0.1) is 0 Å². The lowest BCUT2D eigenvalue weighted by Gasteiger charge is -2.33. The maximum atomic E-state index is 12.9. The van der Waals surface area contributed by atoms with Crippen LogP contribution in [-0.4, -0.2) is 26.8 Å². The lowest BCUT2D eigenvalue weighted by atomic mass is 9.76. The predicted molar refractivity (Wildman–Crippen MR) is 100 cm³/mol. The van der Waals surface area contributed by atoms with Crippen molar-refractivity contribution in [2.45, 2.75) is 25.2 Å². The van der Waals surface area contributed by atoms with Gasteiger partial charge in [0.25, 0.3) is 0 Å². The summed E-state index contributed by atoms with van der Waals surface area (Å²) in [5.41, 5.74) is 2.48. The molecule has 2 aromatic carbocycles. The minimum absolute atomic E-state index is 0.118. The van der Waals surface area contributed by atoms with E-state index < -0.39 is 0 Å². The Bertz CT molecular complexity index is 1010. The highest BCUT2D eigenvalue weighted by atomic mass is 16.7.